The lowest BCUT2D eigenvalue weighted by molar-refractivity contribution is 0.307. The van der Waals surface area contributed by atoms with Crippen LogP contribution >= 0.6 is 0 Å². The van der Waals surface area contributed by atoms with Crippen molar-refractivity contribution in [2.24, 2.45) is 0 Å². The Bertz CT molecular complexity index is 334. The number of aryl methyl sites for hydroxylation is 2. The Hall–Kier alpha value is -0.960. The highest BCUT2D eigenvalue weighted by Crippen LogP contribution is 2.18. The fourth-order valence-electron chi connectivity index (χ4n) is 1.86. The van der Waals surface area contributed by atoms with E-state index in [4.69, 9.17) is 0 Å². The van der Waals surface area contributed by atoms with E-state index in [9.17, 15) is 0 Å². The summed E-state index contributed by atoms with van der Waals surface area (Å²) in [5, 5.41) is 0. The predicted octanol–water partition coefficient (Wildman–Crippen LogP) is 3.13. The van der Waals surface area contributed by atoms with Gasteiger partial charge in [0.25, 0.3) is 0 Å². The van der Waals surface area contributed by atoms with Crippen molar-refractivity contribution < 1.29 is 0 Å². The van der Waals surface area contributed by atoms with Gasteiger partial charge < -0.3 is 4.90 Å². The number of hydrogen-bond donors (Lipinski definition) is 0. The first-order valence-electron chi connectivity index (χ1n) is 6.68. The van der Waals surface area contributed by atoms with Gasteiger partial charge in [-0.2, -0.15) is 0 Å². The van der Waals surface area contributed by atoms with E-state index in [2.05, 4.69) is 28.8 Å². The lowest BCUT2D eigenvalue weighted by Gasteiger charge is -2.25. The molecular formula is C14H27N3. The van der Waals surface area contributed by atoms with Gasteiger partial charge in [-0.25, -0.2) is 9.97 Å². The van der Waals surface area contributed by atoms with Crippen LogP contribution in [-0.4, -0.2) is 28.5 Å². The first kappa shape index (κ1) is 16.0. The highest BCUT2D eigenvalue weighted by molar-refractivity contribution is 5.27. The van der Waals surface area contributed by atoms with E-state index < -0.39 is 0 Å². The van der Waals surface area contributed by atoms with E-state index in [1.54, 1.807) is 0 Å². The standard InChI is InChI=1S/C10H15N3.2C2H6/c1-7-9-6-13(3)5-4-10(9)12-8(2)11-7;2*1-2/h4-6H2,1-3H3;2*1-2H3. The Balaban J connectivity index is 0.000000581. The molecule has 2 heterocycles. The lowest BCUT2D eigenvalue weighted by Crippen LogP contribution is -2.28. The summed E-state index contributed by atoms with van der Waals surface area (Å²) in [7, 11) is 2.14. The van der Waals surface area contributed by atoms with Gasteiger partial charge in [-0.05, 0) is 20.9 Å². The molecule has 98 valence electrons. The quantitative estimate of drug-likeness (QED) is 0.694. The van der Waals surface area contributed by atoms with Gasteiger partial charge in [0.15, 0.2) is 0 Å². The SMILES string of the molecule is CC.CC.Cc1nc(C)c2c(n1)CCN(C)C2. The molecule has 0 fully saturated rings. The van der Waals surface area contributed by atoms with Crippen LogP contribution in [0, 0.1) is 13.8 Å². The van der Waals surface area contributed by atoms with Gasteiger partial charge in [0.2, 0.25) is 0 Å². The van der Waals surface area contributed by atoms with Gasteiger partial charge in [-0.3, -0.25) is 0 Å². The fourth-order valence-corrected chi connectivity index (χ4v) is 1.86. The average Bonchev–Trinajstić information content (AvgIpc) is 2.35. The highest BCUT2D eigenvalue weighted by atomic mass is 15.1. The number of rotatable bonds is 0. The van der Waals surface area contributed by atoms with Gasteiger partial charge in [0, 0.05) is 30.8 Å². The Labute approximate surface area is 106 Å². The molecule has 0 saturated carbocycles. The molecule has 3 nitrogen and oxygen atoms in total. The normalized spacial score (nSPS) is 13.8. The van der Waals surface area contributed by atoms with Crippen molar-refractivity contribution in [3.8, 4) is 0 Å². The van der Waals surface area contributed by atoms with Crippen LogP contribution in [0.25, 0.3) is 0 Å². The molecule has 1 aliphatic heterocycles. The maximum atomic E-state index is 4.47. The van der Waals surface area contributed by atoms with Crippen molar-refractivity contribution in [1.82, 2.24) is 14.9 Å². The highest BCUT2D eigenvalue weighted by Gasteiger charge is 2.17. The minimum atomic E-state index is 0.904. The third-order valence-electron chi connectivity index (χ3n) is 2.57. The average molecular weight is 237 g/mol. The Morgan fingerprint density at radius 1 is 1.00 bits per heavy atom. The molecule has 0 saturated heterocycles. The smallest absolute Gasteiger partial charge is 0.125 e. The molecule has 0 spiro atoms. The van der Waals surface area contributed by atoms with Crippen LogP contribution in [0.3, 0.4) is 0 Å². The summed E-state index contributed by atoms with van der Waals surface area (Å²) in [6.45, 7) is 14.2. The predicted molar refractivity (Wildman–Crippen MR) is 74.2 cm³/mol. The Kier molecular flexibility index (Phi) is 7.72. The largest absolute Gasteiger partial charge is 0.302 e. The summed E-state index contributed by atoms with van der Waals surface area (Å²) in [6, 6.07) is 0. The second-order valence-corrected chi connectivity index (χ2v) is 3.77. The van der Waals surface area contributed by atoms with Crippen molar-refractivity contribution in [2.75, 3.05) is 13.6 Å². The van der Waals surface area contributed by atoms with E-state index >= 15 is 0 Å². The number of fused-ring (bicyclic) bond motifs is 1. The van der Waals surface area contributed by atoms with Crippen LogP contribution in [0.1, 0.15) is 50.5 Å². The summed E-state index contributed by atoms with van der Waals surface area (Å²) in [5.74, 6) is 0.904. The third kappa shape index (κ3) is 4.43. The number of nitrogens with zero attached hydrogens (tertiary/aromatic N) is 3. The Morgan fingerprint density at radius 3 is 2.18 bits per heavy atom. The molecule has 0 radical (unpaired) electrons. The molecule has 0 atom stereocenters. The van der Waals surface area contributed by atoms with Crippen LogP contribution in [0.5, 0.6) is 0 Å². The van der Waals surface area contributed by atoms with Crippen molar-refractivity contribution >= 4 is 0 Å². The molecule has 0 aromatic carbocycles. The van der Waals surface area contributed by atoms with Crippen molar-refractivity contribution in [3.63, 3.8) is 0 Å². The van der Waals surface area contributed by atoms with Gasteiger partial charge in [-0.1, -0.05) is 27.7 Å². The molecular weight excluding hydrogens is 210 g/mol. The minimum absolute atomic E-state index is 0.904. The molecule has 1 aliphatic rings. The first-order chi connectivity index (χ1) is 8.16. The molecule has 2 rings (SSSR count). The topological polar surface area (TPSA) is 29.0 Å². The molecule has 0 unspecified atom stereocenters. The molecule has 0 N–H and O–H groups in total. The van der Waals surface area contributed by atoms with Crippen molar-refractivity contribution in [1.29, 1.82) is 0 Å². The molecule has 0 amide bonds. The monoisotopic (exact) mass is 237 g/mol. The van der Waals surface area contributed by atoms with Gasteiger partial charge >= 0.3 is 0 Å². The van der Waals surface area contributed by atoms with Crippen LogP contribution < -0.4 is 0 Å². The summed E-state index contributed by atoms with van der Waals surface area (Å²) in [5.41, 5.74) is 3.73. The Morgan fingerprint density at radius 2 is 1.59 bits per heavy atom. The number of aromatic nitrogens is 2. The van der Waals surface area contributed by atoms with Crippen LogP contribution in [0.4, 0.5) is 0 Å². The van der Waals surface area contributed by atoms with Gasteiger partial charge in [0.1, 0.15) is 5.82 Å². The van der Waals surface area contributed by atoms with Crippen LogP contribution in [0.2, 0.25) is 0 Å². The molecule has 0 bridgehead atoms. The van der Waals surface area contributed by atoms with Crippen molar-refractivity contribution in [3.05, 3.63) is 22.8 Å². The first-order valence-corrected chi connectivity index (χ1v) is 6.68. The summed E-state index contributed by atoms with van der Waals surface area (Å²) >= 11 is 0. The summed E-state index contributed by atoms with van der Waals surface area (Å²) in [6.07, 6.45) is 1.07. The second-order valence-electron chi connectivity index (χ2n) is 3.77. The maximum Gasteiger partial charge on any atom is 0.125 e. The zero-order chi connectivity index (χ0) is 13.4. The fraction of sp³-hybridized carbons (Fsp3) is 0.714. The van der Waals surface area contributed by atoms with E-state index in [-0.39, 0.29) is 0 Å². The van der Waals surface area contributed by atoms with Crippen LogP contribution in [-0.2, 0) is 13.0 Å². The summed E-state index contributed by atoms with van der Waals surface area (Å²) < 4.78 is 0. The minimum Gasteiger partial charge on any atom is -0.302 e. The van der Waals surface area contributed by atoms with Crippen molar-refractivity contribution in [2.45, 2.75) is 54.5 Å². The number of hydrogen-bond acceptors (Lipinski definition) is 3. The van der Waals surface area contributed by atoms with E-state index in [1.165, 1.54) is 11.3 Å². The zero-order valence-corrected chi connectivity index (χ0v) is 12.5. The zero-order valence-electron chi connectivity index (χ0n) is 12.5. The summed E-state index contributed by atoms with van der Waals surface area (Å²) in [4.78, 5) is 11.2. The molecule has 1 aromatic rings. The van der Waals surface area contributed by atoms with Crippen LogP contribution in [0.15, 0.2) is 0 Å². The molecule has 17 heavy (non-hydrogen) atoms. The van der Waals surface area contributed by atoms with Gasteiger partial charge in [-0.15, -0.1) is 0 Å². The van der Waals surface area contributed by atoms with E-state index in [0.29, 0.717) is 0 Å². The second kappa shape index (κ2) is 8.18. The molecule has 0 aliphatic carbocycles. The number of likely N-dealkylation sites (N-methyl/N-ethyl adjacent to an activating group) is 1. The van der Waals surface area contributed by atoms with Gasteiger partial charge in [0.05, 0.1) is 5.69 Å². The molecule has 1 aromatic heterocycles. The van der Waals surface area contributed by atoms with E-state index in [0.717, 1.165) is 31.0 Å². The lowest BCUT2D eigenvalue weighted by atomic mass is 10.0. The maximum absolute atomic E-state index is 4.47. The van der Waals surface area contributed by atoms with E-state index in [1.807, 2.05) is 34.6 Å². The molecule has 3 heteroatoms. The third-order valence-corrected chi connectivity index (χ3v) is 2.57.